The summed E-state index contributed by atoms with van der Waals surface area (Å²) in [7, 11) is 0. The van der Waals surface area contributed by atoms with Crippen molar-refractivity contribution < 1.29 is 9.53 Å². The highest BCUT2D eigenvalue weighted by atomic mass is 79.9. The Kier molecular flexibility index (Phi) is 5.97. The molecule has 3 aromatic rings. The smallest absolute Gasteiger partial charge is 0.407 e. The van der Waals surface area contributed by atoms with Crippen LogP contribution in [-0.2, 0) is 10.1 Å². The zero-order valence-electron chi connectivity index (χ0n) is 15.8. The number of carbonyl (C=O) groups excluding carboxylic acids is 1. The fourth-order valence-electron chi connectivity index (χ4n) is 3.59. The van der Waals surface area contributed by atoms with E-state index < -0.39 is 6.09 Å². The van der Waals surface area contributed by atoms with Crippen LogP contribution in [0.5, 0.6) is 0 Å². The zero-order valence-corrected chi connectivity index (χ0v) is 17.4. The van der Waals surface area contributed by atoms with Crippen molar-refractivity contribution >= 4 is 22.0 Å². The van der Waals surface area contributed by atoms with Gasteiger partial charge >= 0.3 is 6.09 Å². The number of rotatable bonds is 4. The average Bonchev–Trinajstić information content (AvgIpc) is 3.09. The monoisotopic (exact) mass is 445 g/mol. The van der Waals surface area contributed by atoms with E-state index in [0.29, 0.717) is 6.61 Å². The number of hydrogen-bond acceptors (Lipinski definition) is 2. The first-order valence-corrected chi connectivity index (χ1v) is 10.6. The Hall–Kier alpha value is -3.03. The topological polar surface area (TPSA) is 38.3 Å². The van der Waals surface area contributed by atoms with Crippen LogP contribution in [0.25, 0.3) is 11.1 Å². The lowest BCUT2D eigenvalue weighted by molar-refractivity contribution is 0.144. The first kappa shape index (κ1) is 19.3. The van der Waals surface area contributed by atoms with E-state index in [1.807, 2.05) is 48.5 Å². The highest BCUT2D eigenvalue weighted by Gasteiger charge is 2.28. The average molecular weight is 446 g/mol. The van der Waals surface area contributed by atoms with Gasteiger partial charge in [0.05, 0.1) is 6.54 Å². The van der Waals surface area contributed by atoms with Crippen molar-refractivity contribution in [3.8, 4) is 23.0 Å². The van der Waals surface area contributed by atoms with E-state index in [2.05, 4.69) is 57.4 Å². The van der Waals surface area contributed by atoms with Crippen LogP contribution >= 0.6 is 15.9 Å². The number of alkyl carbamates (subject to hydrolysis) is 1. The second kappa shape index (κ2) is 8.98. The predicted octanol–water partition coefficient (Wildman–Crippen LogP) is 5.47. The Morgan fingerprint density at radius 3 is 2.17 bits per heavy atom. The second-order valence-corrected chi connectivity index (χ2v) is 7.37. The summed E-state index contributed by atoms with van der Waals surface area (Å²) in [6.45, 7) is 0.554. The van der Waals surface area contributed by atoms with Crippen LogP contribution in [0, 0.1) is 11.8 Å². The first-order chi connectivity index (χ1) is 14.3. The molecule has 0 aliphatic heterocycles. The molecule has 3 aromatic carbocycles. The molecule has 144 valence electrons. The minimum Gasteiger partial charge on any atom is -0.449 e. The first-order valence-electron chi connectivity index (χ1n) is 9.49. The molecule has 1 aliphatic rings. The third kappa shape index (κ3) is 4.36. The normalized spacial score (nSPS) is 11.8. The van der Waals surface area contributed by atoms with Crippen molar-refractivity contribution in [1.82, 2.24) is 5.32 Å². The van der Waals surface area contributed by atoms with Gasteiger partial charge in [-0.15, -0.1) is 0 Å². The zero-order chi connectivity index (χ0) is 20.1. The number of nitrogens with one attached hydrogen (secondary N) is 1. The molecular weight excluding hydrogens is 426 g/mol. The summed E-state index contributed by atoms with van der Waals surface area (Å²) in [6.07, 6.45) is -0.448. The van der Waals surface area contributed by atoms with Gasteiger partial charge in [0.25, 0.3) is 0 Å². The maximum Gasteiger partial charge on any atom is 0.407 e. The van der Waals surface area contributed by atoms with Crippen molar-refractivity contribution in [3.05, 3.63) is 95.1 Å². The number of carbonyl (C=O) groups is 1. The van der Waals surface area contributed by atoms with Crippen molar-refractivity contribution in [2.75, 3.05) is 13.2 Å². The minimum absolute atomic E-state index is 0.0622. The number of hydrogen-bond donors (Lipinski definition) is 1. The number of fused-ring (bicyclic) bond motifs is 3. The molecule has 0 bridgehead atoms. The van der Waals surface area contributed by atoms with E-state index in [4.69, 9.17) is 4.74 Å². The molecule has 4 rings (SSSR count). The van der Waals surface area contributed by atoms with Crippen LogP contribution in [-0.4, -0.2) is 19.2 Å². The van der Waals surface area contributed by atoms with Gasteiger partial charge in [-0.25, -0.2) is 4.79 Å². The summed E-state index contributed by atoms with van der Waals surface area (Å²) < 4.78 is 5.50. The molecule has 29 heavy (non-hydrogen) atoms. The van der Waals surface area contributed by atoms with Gasteiger partial charge in [-0.05, 0) is 39.9 Å². The van der Waals surface area contributed by atoms with Gasteiger partial charge in [0.15, 0.2) is 0 Å². The molecule has 0 spiro atoms. The third-order valence-corrected chi connectivity index (χ3v) is 5.65. The Balaban J connectivity index is 1.33. The maximum atomic E-state index is 12.1. The Labute approximate surface area is 179 Å². The van der Waals surface area contributed by atoms with Gasteiger partial charge in [0.2, 0.25) is 0 Å². The van der Waals surface area contributed by atoms with Crippen LogP contribution in [0.15, 0.2) is 72.8 Å². The summed E-state index contributed by atoms with van der Waals surface area (Å²) in [5.74, 6) is 6.06. The SMILES string of the molecule is O=C(NCC#Cc1ccc(CBr)cc1)OCC1c2ccccc2-c2ccccc21. The van der Waals surface area contributed by atoms with Gasteiger partial charge in [0, 0.05) is 16.8 Å². The molecule has 4 heteroatoms. The minimum atomic E-state index is -0.448. The van der Waals surface area contributed by atoms with Gasteiger partial charge in [0.1, 0.15) is 6.61 Å². The summed E-state index contributed by atoms with van der Waals surface area (Å²) in [4.78, 5) is 12.1. The standard InChI is InChI=1S/C25H20BrNO2/c26-16-19-13-11-18(12-14-19)6-5-15-27-25(28)29-17-24-22-9-3-1-7-20(22)21-8-2-4-10-23(21)24/h1-4,7-14,24H,15-17H2,(H,27,28). The van der Waals surface area contributed by atoms with Crippen LogP contribution in [0.3, 0.4) is 0 Å². The fourth-order valence-corrected chi connectivity index (χ4v) is 3.96. The second-order valence-electron chi connectivity index (χ2n) is 6.81. The lowest BCUT2D eigenvalue weighted by atomic mass is 9.98. The van der Waals surface area contributed by atoms with Crippen molar-refractivity contribution in [2.45, 2.75) is 11.2 Å². The van der Waals surface area contributed by atoms with Gasteiger partial charge < -0.3 is 10.1 Å². The number of benzene rings is 3. The van der Waals surface area contributed by atoms with E-state index in [1.165, 1.54) is 27.8 Å². The molecule has 3 nitrogen and oxygen atoms in total. The van der Waals surface area contributed by atoms with E-state index in [9.17, 15) is 4.79 Å². The highest BCUT2D eigenvalue weighted by Crippen LogP contribution is 2.44. The fraction of sp³-hybridized carbons (Fsp3) is 0.160. The molecule has 0 saturated heterocycles. The Morgan fingerprint density at radius 2 is 1.55 bits per heavy atom. The molecule has 1 amide bonds. The Bertz CT molecular complexity index is 1030. The number of ether oxygens (including phenoxy) is 1. The van der Waals surface area contributed by atoms with Gasteiger partial charge in [-0.1, -0.05) is 88.4 Å². The molecule has 0 fully saturated rings. The number of alkyl halides is 1. The van der Waals surface area contributed by atoms with Crippen molar-refractivity contribution in [3.63, 3.8) is 0 Å². The van der Waals surface area contributed by atoms with E-state index in [1.54, 1.807) is 0 Å². The molecule has 0 atom stereocenters. The summed E-state index contributed by atoms with van der Waals surface area (Å²) in [6, 6.07) is 24.6. The summed E-state index contributed by atoms with van der Waals surface area (Å²) in [5, 5.41) is 3.53. The predicted molar refractivity (Wildman–Crippen MR) is 119 cm³/mol. The van der Waals surface area contributed by atoms with E-state index >= 15 is 0 Å². The Morgan fingerprint density at radius 1 is 0.931 bits per heavy atom. The molecule has 0 radical (unpaired) electrons. The van der Waals surface area contributed by atoms with Crippen LogP contribution < -0.4 is 5.32 Å². The third-order valence-electron chi connectivity index (χ3n) is 5.01. The number of halogens is 1. The summed E-state index contributed by atoms with van der Waals surface area (Å²) in [5.41, 5.74) is 6.96. The highest BCUT2D eigenvalue weighted by molar-refractivity contribution is 9.08. The molecule has 0 saturated carbocycles. The largest absolute Gasteiger partial charge is 0.449 e. The van der Waals surface area contributed by atoms with Crippen molar-refractivity contribution in [2.24, 2.45) is 0 Å². The van der Waals surface area contributed by atoms with Crippen molar-refractivity contribution in [1.29, 1.82) is 0 Å². The molecule has 0 unspecified atom stereocenters. The van der Waals surface area contributed by atoms with Crippen LogP contribution in [0.2, 0.25) is 0 Å². The lowest BCUT2D eigenvalue weighted by Gasteiger charge is -2.14. The molecular formula is C25H20BrNO2. The number of amides is 1. The van der Waals surface area contributed by atoms with Gasteiger partial charge in [-0.2, -0.15) is 0 Å². The maximum absolute atomic E-state index is 12.1. The van der Waals surface area contributed by atoms with E-state index in [-0.39, 0.29) is 12.5 Å². The van der Waals surface area contributed by atoms with Gasteiger partial charge in [-0.3, -0.25) is 0 Å². The van der Waals surface area contributed by atoms with Crippen LogP contribution in [0.1, 0.15) is 28.2 Å². The quantitative estimate of drug-likeness (QED) is 0.426. The van der Waals surface area contributed by atoms with E-state index in [0.717, 1.165) is 10.9 Å². The molecule has 1 aliphatic carbocycles. The molecule has 0 aromatic heterocycles. The molecule has 0 heterocycles. The molecule has 1 N–H and O–H groups in total. The summed E-state index contributed by atoms with van der Waals surface area (Å²) >= 11 is 3.42. The van der Waals surface area contributed by atoms with Crippen LogP contribution in [0.4, 0.5) is 4.79 Å². The lowest BCUT2D eigenvalue weighted by Crippen LogP contribution is -2.26.